The summed E-state index contributed by atoms with van der Waals surface area (Å²) in [6, 6.07) is 10.1. The second kappa shape index (κ2) is 8.27. The van der Waals surface area contributed by atoms with E-state index >= 15 is 0 Å². The number of rotatable bonds is 6. The molecule has 0 atom stereocenters. The van der Waals surface area contributed by atoms with Gasteiger partial charge in [0, 0.05) is 6.07 Å². The standard InChI is InChI=1S/C24H21FO6S/c1-14-11-15(12-23(27)28)19-3-2-4-20(19)24(14)31-17-7-10-21(26)22(13-17)32(29,30)18-8-5-16(25)6-9-18/h5-11,13,26H,2-4,12H2,1H3,(H,27,28). The maximum atomic E-state index is 13.2. The molecule has 0 amide bonds. The van der Waals surface area contributed by atoms with Crippen LogP contribution in [-0.4, -0.2) is 24.6 Å². The Hall–Kier alpha value is -3.39. The van der Waals surface area contributed by atoms with Crippen LogP contribution in [0.4, 0.5) is 4.39 Å². The Morgan fingerprint density at radius 1 is 1.06 bits per heavy atom. The van der Waals surface area contributed by atoms with E-state index in [1.165, 1.54) is 18.2 Å². The number of carbonyl (C=O) groups is 1. The molecule has 0 saturated carbocycles. The molecule has 32 heavy (non-hydrogen) atoms. The Kier molecular flexibility index (Phi) is 5.64. The number of phenols is 1. The number of carboxylic acid groups (broad SMARTS) is 1. The summed E-state index contributed by atoms with van der Waals surface area (Å²) in [6.07, 6.45) is 2.30. The van der Waals surface area contributed by atoms with Crippen molar-refractivity contribution in [2.75, 3.05) is 0 Å². The Morgan fingerprint density at radius 2 is 1.75 bits per heavy atom. The number of phenolic OH excluding ortho intramolecular Hbond substituents is 1. The lowest BCUT2D eigenvalue weighted by Gasteiger charge is -2.17. The average Bonchev–Trinajstić information content (AvgIpc) is 3.22. The van der Waals surface area contributed by atoms with Gasteiger partial charge in [-0.1, -0.05) is 6.07 Å². The topological polar surface area (TPSA) is 101 Å². The lowest BCUT2D eigenvalue weighted by Crippen LogP contribution is -2.06. The summed E-state index contributed by atoms with van der Waals surface area (Å²) in [5, 5.41) is 19.4. The van der Waals surface area contributed by atoms with Crippen LogP contribution in [-0.2, 0) is 33.9 Å². The van der Waals surface area contributed by atoms with Gasteiger partial charge in [-0.2, -0.15) is 0 Å². The Labute approximate surface area is 184 Å². The van der Waals surface area contributed by atoms with Crippen molar-refractivity contribution in [1.29, 1.82) is 0 Å². The first kappa shape index (κ1) is 21.8. The van der Waals surface area contributed by atoms with Gasteiger partial charge in [-0.25, -0.2) is 12.8 Å². The third-order valence-corrected chi connectivity index (χ3v) is 7.33. The molecule has 0 unspecified atom stereocenters. The summed E-state index contributed by atoms with van der Waals surface area (Å²) in [5.41, 5.74) is 3.40. The predicted molar refractivity (Wildman–Crippen MR) is 115 cm³/mol. The molecule has 0 radical (unpaired) electrons. The van der Waals surface area contributed by atoms with E-state index in [-0.39, 0.29) is 22.0 Å². The minimum absolute atomic E-state index is 0.0667. The molecule has 0 fully saturated rings. The van der Waals surface area contributed by atoms with E-state index in [0.717, 1.165) is 65.8 Å². The van der Waals surface area contributed by atoms with Gasteiger partial charge in [0.1, 0.15) is 28.0 Å². The number of sulfone groups is 1. The number of aromatic hydroxyl groups is 1. The molecular formula is C24H21FO6S. The van der Waals surface area contributed by atoms with Crippen molar-refractivity contribution in [2.45, 2.75) is 42.4 Å². The lowest BCUT2D eigenvalue weighted by atomic mass is 9.96. The van der Waals surface area contributed by atoms with Crippen molar-refractivity contribution < 1.29 is 32.6 Å². The van der Waals surface area contributed by atoms with Crippen LogP contribution in [0.1, 0.15) is 28.7 Å². The van der Waals surface area contributed by atoms with Gasteiger partial charge in [-0.3, -0.25) is 4.79 Å². The van der Waals surface area contributed by atoms with Crippen molar-refractivity contribution in [3.8, 4) is 17.2 Å². The maximum absolute atomic E-state index is 13.2. The van der Waals surface area contributed by atoms with Gasteiger partial charge in [-0.15, -0.1) is 0 Å². The van der Waals surface area contributed by atoms with Crippen LogP contribution in [0.5, 0.6) is 17.2 Å². The summed E-state index contributed by atoms with van der Waals surface area (Å²) >= 11 is 0. The molecular weight excluding hydrogens is 435 g/mol. The molecule has 8 heteroatoms. The monoisotopic (exact) mass is 456 g/mol. The number of halogens is 1. The number of hydrogen-bond donors (Lipinski definition) is 2. The molecule has 3 aromatic rings. The van der Waals surface area contributed by atoms with E-state index in [9.17, 15) is 27.8 Å². The second-order valence-corrected chi connectivity index (χ2v) is 9.67. The van der Waals surface area contributed by atoms with Crippen molar-refractivity contribution >= 4 is 15.8 Å². The summed E-state index contributed by atoms with van der Waals surface area (Å²) in [5.74, 6) is -1.13. The summed E-state index contributed by atoms with van der Waals surface area (Å²) < 4.78 is 45.2. The normalized spacial score (nSPS) is 13.1. The van der Waals surface area contributed by atoms with Crippen molar-refractivity contribution in [2.24, 2.45) is 0 Å². The number of ether oxygens (including phenoxy) is 1. The van der Waals surface area contributed by atoms with Crippen LogP contribution < -0.4 is 4.74 Å². The number of fused-ring (bicyclic) bond motifs is 1. The van der Waals surface area contributed by atoms with E-state index in [0.29, 0.717) is 5.75 Å². The fourth-order valence-electron chi connectivity index (χ4n) is 4.10. The van der Waals surface area contributed by atoms with E-state index in [1.807, 2.05) is 6.92 Å². The number of carboxylic acids is 1. The van der Waals surface area contributed by atoms with Crippen LogP contribution in [0.2, 0.25) is 0 Å². The fourth-order valence-corrected chi connectivity index (χ4v) is 5.46. The molecule has 0 heterocycles. The first-order chi connectivity index (χ1) is 15.2. The fraction of sp³-hybridized carbons (Fsp3) is 0.208. The average molecular weight is 456 g/mol. The Balaban J connectivity index is 1.74. The highest BCUT2D eigenvalue weighted by atomic mass is 32.2. The minimum atomic E-state index is -4.10. The van der Waals surface area contributed by atoms with Gasteiger partial charge in [0.2, 0.25) is 9.84 Å². The molecule has 0 spiro atoms. The molecule has 0 saturated heterocycles. The summed E-state index contributed by atoms with van der Waals surface area (Å²) in [7, 11) is -4.10. The SMILES string of the molecule is Cc1cc(CC(=O)O)c2c(c1Oc1ccc(O)c(S(=O)(=O)c3ccc(F)cc3)c1)CCC2. The number of aryl methyl sites for hydroxylation is 1. The molecule has 0 aliphatic heterocycles. The maximum Gasteiger partial charge on any atom is 0.307 e. The number of benzene rings is 3. The van der Waals surface area contributed by atoms with E-state index in [2.05, 4.69) is 0 Å². The van der Waals surface area contributed by atoms with Gasteiger partial charge in [0.05, 0.1) is 11.3 Å². The molecule has 3 aromatic carbocycles. The molecule has 1 aliphatic rings. The van der Waals surface area contributed by atoms with Crippen LogP contribution in [0, 0.1) is 12.7 Å². The van der Waals surface area contributed by atoms with Crippen molar-refractivity contribution in [1.82, 2.24) is 0 Å². The van der Waals surface area contributed by atoms with Crippen molar-refractivity contribution in [3.63, 3.8) is 0 Å². The zero-order chi connectivity index (χ0) is 23.0. The van der Waals surface area contributed by atoms with Crippen LogP contribution in [0.3, 0.4) is 0 Å². The van der Waals surface area contributed by atoms with Crippen LogP contribution >= 0.6 is 0 Å². The third-order valence-electron chi connectivity index (χ3n) is 5.53. The minimum Gasteiger partial charge on any atom is -0.507 e. The molecule has 4 rings (SSSR count). The van der Waals surface area contributed by atoms with Crippen molar-refractivity contribution in [3.05, 3.63) is 76.6 Å². The van der Waals surface area contributed by atoms with Gasteiger partial charge < -0.3 is 14.9 Å². The highest BCUT2D eigenvalue weighted by Crippen LogP contribution is 2.40. The van der Waals surface area contributed by atoms with Crippen LogP contribution in [0.25, 0.3) is 0 Å². The zero-order valence-corrected chi connectivity index (χ0v) is 18.1. The van der Waals surface area contributed by atoms with Gasteiger partial charge in [0.25, 0.3) is 0 Å². The zero-order valence-electron chi connectivity index (χ0n) is 17.3. The molecule has 2 N–H and O–H groups in total. The van der Waals surface area contributed by atoms with E-state index in [4.69, 9.17) is 4.74 Å². The summed E-state index contributed by atoms with van der Waals surface area (Å²) in [4.78, 5) is 10.7. The first-order valence-corrected chi connectivity index (χ1v) is 11.5. The third kappa shape index (κ3) is 4.05. The molecule has 0 bridgehead atoms. The molecule has 166 valence electrons. The Morgan fingerprint density at radius 3 is 2.44 bits per heavy atom. The first-order valence-electron chi connectivity index (χ1n) is 10.0. The second-order valence-electron chi connectivity index (χ2n) is 7.75. The molecule has 6 nitrogen and oxygen atoms in total. The van der Waals surface area contributed by atoms with Crippen LogP contribution in [0.15, 0.2) is 58.3 Å². The highest BCUT2D eigenvalue weighted by Gasteiger charge is 2.25. The predicted octanol–water partition coefficient (Wildman–Crippen LogP) is 4.58. The van der Waals surface area contributed by atoms with Gasteiger partial charge >= 0.3 is 5.97 Å². The molecule has 1 aliphatic carbocycles. The van der Waals surface area contributed by atoms with E-state index < -0.39 is 27.4 Å². The smallest absolute Gasteiger partial charge is 0.307 e. The lowest BCUT2D eigenvalue weighted by molar-refractivity contribution is -0.136. The van der Waals surface area contributed by atoms with Gasteiger partial charge in [-0.05, 0) is 84.8 Å². The highest BCUT2D eigenvalue weighted by molar-refractivity contribution is 7.91. The number of hydrogen-bond acceptors (Lipinski definition) is 5. The van der Waals surface area contributed by atoms with Gasteiger partial charge in [0.15, 0.2) is 0 Å². The molecule has 0 aromatic heterocycles. The van der Waals surface area contributed by atoms with E-state index in [1.54, 1.807) is 6.07 Å². The largest absolute Gasteiger partial charge is 0.507 e. The summed E-state index contributed by atoms with van der Waals surface area (Å²) in [6.45, 7) is 1.82. The quantitative estimate of drug-likeness (QED) is 0.527. The number of aliphatic carboxylic acids is 1. The Bertz CT molecular complexity index is 1310.